The number of anilines is 1. The van der Waals surface area contributed by atoms with Crippen molar-refractivity contribution in [3.8, 4) is 5.75 Å². The Balaban J connectivity index is 1.58. The SMILES string of the molecule is COc1ccc(N2CC(C(=O)N/N=C/c3ccc(Cl)cc3)CC2=O)cc1. The second-order valence-electron chi connectivity index (χ2n) is 5.89. The van der Waals surface area contributed by atoms with Crippen molar-refractivity contribution in [3.63, 3.8) is 0 Å². The van der Waals surface area contributed by atoms with Gasteiger partial charge in [-0.05, 0) is 42.0 Å². The second-order valence-corrected chi connectivity index (χ2v) is 6.33. The summed E-state index contributed by atoms with van der Waals surface area (Å²) in [6.07, 6.45) is 1.70. The van der Waals surface area contributed by atoms with E-state index in [0.29, 0.717) is 17.3 Å². The van der Waals surface area contributed by atoms with Crippen LogP contribution in [0, 0.1) is 5.92 Å². The smallest absolute Gasteiger partial charge is 0.245 e. The van der Waals surface area contributed by atoms with Crippen LogP contribution in [0.2, 0.25) is 5.02 Å². The van der Waals surface area contributed by atoms with Crippen LogP contribution in [0.5, 0.6) is 5.75 Å². The number of methoxy groups -OCH3 is 1. The minimum atomic E-state index is -0.438. The van der Waals surface area contributed by atoms with E-state index in [1.807, 2.05) is 0 Å². The molecule has 134 valence electrons. The molecule has 0 saturated carbocycles. The number of hydrazone groups is 1. The fourth-order valence-electron chi connectivity index (χ4n) is 2.71. The Morgan fingerprint density at radius 3 is 2.58 bits per heavy atom. The molecule has 2 amide bonds. The Hall–Kier alpha value is -2.86. The number of carbonyl (C=O) groups excluding carboxylic acids is 2. The molecular weight excluding hydrogens is 354 g/mol. The predicted molar refractivity (Wildman–Crippen MR) is 101 cm³/mol. The number of hydrogen-bond acceptors (Lipinski definition) is 4. The predicted octanol–water partition coefficient (Wildman–Crippen LogP) is 2.85. The van der Waals surface area contributed by atoms with Crippen LogP contribution in [-0.4, -0.2) is 31.7 Å². The summed E-state index contributed by atoms with van der Waals surface area (Å²) in [6, 6.07) is 14.2. The third-order valence-corrected chi connectivity index (χ3v) is 4.39. The summed E-state index contributed by atoms with van der Waals surface area (Å²) in [5.74, 6) is -0.0882. The molecule has 1 aliphatic heterocycles. The van der Waals surface area contributed by atoms with Gasteiger partial charge in [0.2, 0.25) is 11.8 Å². The van der Waals surface area contributed by atoms with Gasteiger partial charge in [-0.2, -0.15) is 5.10 Å². The Morgan fingerprint density at radius 2 is 1.92 bits per heavy atom. The van der Waals surface area contributed by atoms with Gasteiger partial charge in [-0.1, -0.05) is 23.7 Å². The molecule has 1 heterocycles. The largest absolute Gasteiger partial charge is 0.497 e. The van der Waals surface area contributed by atoms with Crippen molar-refractivity contribution in [2.45, 2.75) is 6.42 Å². The van der Waals surface area contributed by atoms with Gasteiger partial charge >= 0.3 is 0 Å². The maximum Gasteiger partial charge on any atom is 0.245 e. The highest BCUT2D eigenvalue weighted by atomic mass is 35.5. The van der Waals surface area contributed by atoms with E-state index in [9.17, 15) is 9.59 Å². The van der Waals surface area contributed by atoms with E-state index in [1.54, 1.807) is 60.5 Å². The number of ether oxygens (including phenoxy) is 1. The van der Waals surface area contributed by atoms with Crippen molar-refractivity contribution in [2.75, 3.05) is 18.6 Å². The molecule has 0 bridgehead atoms. The minimum Gasteiger partial charge on any atom is -0.497 e. The van der Waals surface area contributed by atoms with Gasteiger partial charge in [-0.3, -0.25) is 9.59 Å². The van der Waals surface area contributed by atoms with Gasteiger partial charge in [-0.25, -0.2) is 5.43 Å². The molecule has 26 heavy (non-hydrogen) atoms. The monoisotopic (exact) mass is 371 g/mol. The molecule has 1 fully saturated rings. The van der Waals surface area contributed by atoms with E-state index in [0.717, 1.165) is 11.3 Å². The Labute approximate surface area is 156 Å². The van der Waals surface area contributed by atoms with Crippen molar-refractivity contribution in [1.82, 2.24) is 5.43 Å². The van der Waals surface area contributed by atoms with Crippen LogP contribution in [0.1, 0.15) is 12.0 Å². The molecule has 6 nitrogen and oxygen atoms in total. The summed E-state index contributed by atoms with van der Waals surface area (Å²) in [5.41, 5.74) is 4.06. The number of halogens is 1. The third kappa shape index (κ3) is 4.21. The van der Waals surface area contributed by atoms with E-state index < -0.39 is 5.92 Å². The van der Waals surface area contributed by atoms with E-state index in [4.69, 9.17) is 16.3 Å². The molecule has 0 aromatic heterocycles. The quantitative estimate of drug-likeness (QED) is 0.649. The highest BCUT2D eigenvalue weighted by Crippen LogP contribution is 2.26. The third-order valence-electron chi connectivity index (χ3n) is 4.14. The number of benzene rings is 2. The molecule has 0 aliphatic carbocycles. The van der Waals surface area contributed by atoms with Gasteiger partial charge in [0.1, 0.15) is 5.75 Å². The minimum absolute atomic E-state index is 0.0861. The number of nitrogens with one attached hydrogen (secondary N) is 1. The molecule has 1 unspecified atom stereocenters. The maximum absolute atomic E-state index is 12.3. The van der Waals surface area contributed by atoms with Gasteiger partial charge in [-0.15, -0.1) is 0 Å². The van der Waals surface area contributed by atoms with Gasteiger partial charge < -0.3 is 9.64 Å². The molecule has 2 aromatic rings. The van der Waals surface area contributed by atoms with Crippen LogP contribution in [-0.2, 0) is 9.59 Å². The van der Waals surface area contributed by atoms with Crippen LogP contribution >= 0.6 is 11.6 Å². The number of amides is 2. The molecule has 0 radical (unpaired) electrons. The topological polar surface area (TPSA) is 71.0 Å². The van der Waals surface area contributed by atoms with E-state index in [2.05, 4.69) is 10.5 Å². The first kappa shape index (κ1) is 17.9. The first-order valence-electron chi connectivity index (χ1n) is 8.09. The lowest BCUT2D eigenvalue weighted by molar-refractivity contribution is -0.126. The summed E-state index contributed by atoms with van der Waals surface area (Å²) < 4.78 is 5.11. The molecule has 3 rings (SSSR count). The maximum atomic E-state index is 12.3. The summed E-state index contributed by atoms with van der Waals surface area (Å²) in [4.78, 5) is 26.1. The van der Waals surface area contributed by atoms with Crippen LogP contribution in [0.25, 0.3) is 0 Å². The van der Waals surface area contributed by atoms with Gasteiger partial charge in [0.15, 0.2) is 0 Å². The average molecular weight is 372 g/mol. The fourth-order valence-corrected chi connectivity index (χ4v) is 2.83. The molecule has 1 aliphatic rings. The van der Waals surface area contributed by atoms with Crippen molar-refractivity contribution < 1.29 is 14.3 Å². The van der Waals surface area contributed by atoms with Crippen LogP contribution in [0.15, 0.2) is 53.6 Å². The van der Waals surface area contributed by atoms with Crippen molar-refractivity contribution in [2.24, 2.45) is 11.0 Å². The first-order chi connectivity index (χ1) is 12.6. The van der Waals surface area contributed by atoms with Crippen molar-refractivity contribution in [3.05, 3.63) is 59.1 Å². The summed E-state index contributed by atoms with van der Waals surface area (Å²) in [6.45, 7) is 0.327. The van der Waals surface area contributed by atoms with Crippen LogP contribution < -0.4 is 15.1 Å². The highest BCUT2D eigenvalue weighted by Gasteiger charge is 2.35. The lowest BCUT2D eigenvalue weighted by atomic mass is 10.1. The van der Waals surface area contributed by atoms with Gasteiger partial charge in [0, 0.05) is 23.7 Å². The zero-order valence-corrected chi connectivity index (χ0v) is 14.9. The summed E-state index contributed by atoms with van der Waals surface area (Å²) in [5, 5.41) is 4.58. The standard InChI is InChI=1S/C19H18ClN3O3/c1-26-17-8-6-16(7-9-17)23-12-14(10-18(23)24)19(25)22-21-11-13-2-4-15(20)5-3-13/h2-9,11,14H,10,12H2,1H3,(H,22,25)/b21-11+. The normalized spacial score (nSPS) is 16.9. The molecule has 2 aromatic carbocycles. The second kappa shape index (κ2) is 8.01. The highest BCUT2D eigenvalue weighted by molar-refractivity contribution is 6.30. The first-order valence-corrected chi connectivity index (χ1v) is 8.47. The number of carbonyl (C=O) groups is 2. The van der Waals surface area contributed by atoms with E-state index in [1.165, 1.54) is 6.21 Å². The van der Waals surface area contributed by atoms with E-state index in [-0.39, 0.29) is 18.2 Å². The van der Waals surface area contributed by atoms with E-state index >= 15 is 0 Å². The summed E-state index contributed by atoms with van der Waals surface area (Å²) in [7, 11) is 1.58. The Bertz CT molecular complexity index is 819. The lowest BCUT2D eigenvalue weighted by Crippen LogP contribution is -2.30. The fraction of sp³-hybridized carbons (Fsp3) is 0.211. The molecular formula is C19H18ClN3O3. The molecule has 1 saturated heterocycles. The zero-order chi connectivity index (χ0) is 18.5. The van der Waals surface area contributed by atoms with Gasteiger partial charge in [0.25, 0.3) is 0 Å². The van der Waals surface area contributed by atoms with Gasteiger partial charge in [0.05, 0.1) is 19.2 Å². The lowest BCUT2D eigenvalue weighted by Gasteiger charge is -2.16. The van der Waals surface area contributed by atoms with Crippen LogP contribution in [0.3, 0.4) is 0 Å². The molecule has 1 atom stereocenters. The molecule has 7 heteroatoms. The molecule has 1 N–H and O–H groups in total. The molecule has 0 spiro atoms. The van der Waals surface area contributed by atoms with Crippen molar-refractivity contribution in [1.29, 1.82) is 0 Å². The number of nitrogens with zero attached hydrogens (tertiary/aromatic N) is 2. The summed E-state index contributed by atoms with van der Waals surface area (Å²) >= 11 is 5.82. The number of rotatable bonds is 5. The van der Waals surface area contributed by atoms with Crippen LogP contribution in [0.4, 0.5) is 5.69 Å². The van der Waals surface area contributed by atoms with Crippen molar-refractivity contribution >= 4 is 35.3 Å². The Morgan fingerprint density at radius 1 is 1.23 bits per heavy atom. The Kier molecular flexibility index (Phi) is 5.53. The number of hydrogen-bond donors (Lipinski definition) is 1. The average Bonchev–Trinajstić information content (AvgIpc) is 3.05. The zero-order valence-electron chi connectivity index (χ0n) is 14.2.